The lowest BCUT2D eigenvalue weighted by Gasteiger charge is -2.09. The van der Waals surface area contributed by atoms with Crippen LogP contribution in [0.25, 0.3) is 0 Å². The summed E-state index contributed by atoms with van der Waals surface area (Å²) in [4.78, 5) is 11.2. The van der Waals surface area contributed by atoms with Crippen molar-refractivity contribution < 1.29 is 9.90 Å². The van der Waals surface area contributed by atoms with Crippen molar-refractivity contribution in [3.63, 3.8) is 0 Å². The van der Waals surface area contributed by atoms with Crippen LogP contribution in [-0.4, -0.2) is 17.6 Å². The lowest BCUT2D eigenvalue weighted by atomic mass is 10.1. The summed E-state index contributed by atoms with van der Waals surface area (Å²) in [6, 6.07) is 8.69. The zero-order valence-electron chi connectivity index (χ0n) is 7.60. The molecular formula is C11H11NO2. The van der Waals surface area contributed by atoms with Crippen molar-refractivity contribution in [1.82, 2.24) is 5.32 Å². The smallest absolute Gasteiger partial charge is 0.254 e. The van der Waals surface area contributed by atoms with Crippen molar-refractivity contribution >= 4 is 5.91 Å². The van der Waals surface area contributed by atoms with Gasteiger partial charge in [-0.15, -0.1) is 6.42 Å². The second-order valence-corrected chi connectivity index (χ2v) is 2.74. The molecule has 0 saturated heterocycles. The van der Waals surface area contributed by atoms with Crippen LogP contribution in [0.15, 0.2) is 30.3 Å². The van der Waals surface area contributed by atoms with Crippen LogP contribution in [-0.2, 0) is 4.79 Å². The first kappa shape index (κ1) is 10.3. The molecule has 0 aromatic heterocycles. The quantitative estimate of drug-likeness (QED) is 0.679. The molecule has 1 amide bonds. The Morgan fingerprint density at radius 1 is 1.50 bits per heavy atom. The SMILES string of the molecule is C#CCNC(=O)[C@H](O)c1ccccc1. The minimum atomic E-state index is -1.15. The normalized spacial score (nSPS) is 11.4. The van der Waals surface area contributed by atoms with E-state index < -0.39 is 12.0 Å². The Kier molecular flexibility index (Phi) is 3.71. The maximum atomic E-state index is 11.2. The molecule has 14 heavy (non-hydrogen) atoms. The zero-order valence-corrected chi connectivity index (χ0v) is 7.60. The first-order valence-corrected chi connectivity index (χ1v) is 4.20. The van der Waals surface area contributed by atoms with Gasteiger partial charge in [-0.1, -0.05) is 36.3 Å². The number of hydrogen-bond donors (Lipinski definition) is 2. The molecule has 0 saturated carbocycles. The van der Waals surface area contributed by atoms with E-state index >= 15 is 0 Å². The van der Waals surface area contributed by atoms with E-state index in [1.165, 1.54) is 0 Å². The summed E-state index contributed by atoms with van der Waals surface area (Å²) in [5.74, 6) is 1.78. The molecular weight excluding hydrogens is 178 g/mol. The lowest BCUT2D eigenvalue weighted by Crippen LogP contribution is -2.29. The van der Waals surface area contributed by atoms with Gasteiger partial charge in [-0.2, -0.15) is 0 Å². The minimum absolute atomic E-state index is 0.128. The Morgan fingerprint density at radius 3 is 2.71 bits per heavy atom. The van der Waals surface area contributed by atoms with Gasteiger partial charge in [-0.05, 0) is 5.56 Å². The largest absolute Gasteiger partial charge is 0.378 e. The fourth-order valence-electron chi connectivity index (χ4n) is 1.02. The maximum Gasteiger partial charge on any atom is 0.254 e. The highest BCUT2D eigenvalue weighted by molar-refractivity contribution is 5.82. The molecule has 72 valence electrons. The average molecular weight is 189 g/mol. The van der Waals surface area contributed by atoms with Gasteiger partial charge in [0.2, 0.25) is 0 Å². The van der Waals surface area contributed by atoms with Gasteiger partial charge in [-0.25, -0.2) is 0 Å². The van der Waals surface area contributed by atoms with Gasteiger partial charge in [0, 0.05) is 0 Å². The monoisotopic (exact) mass is 189 g/mol. The van der Waals surface area contributed by atoms with Gasteiger partial charge in [0.1, 0.15) is 0 Å². The number of rotatable bonds is 3. The molecule has 0 heterocycles. The number of terminal acetylenes is 1. The summed E-state index contributed by atoms with van der Waals surface area (Å²) < 4.78 is 0. The average Bonchev–Trinajstić information content (AvgIpc) is 2.26. The van der Waals surface area contributed by atoms with Crippen LogP contribution in [0.2, 0.25) is 0 Å². The first-order chi connectivity index (χ1) is 6.75. The number of hydrogen-bond acceptors (Lipinski definition) is 2. The summed E-state index contributed by atoms with van der Waals surface area (Å²) in [7, 11) is 0. The van der Waals surface area contributed by atoms with Crippen molar-refractivity contribution in [3.05, 3.63) is 35.9 Å². The molecule has 1 atom stereocenters. The Balaban J connectivity index is 2.62. The number of carbonyl (C=O) groups is 1. The van der Waals surface area contributed by atoms with Gasteiger partial charge in [0.05, 0.1) is 6.54 Å². The van der Waals surface area contributed by atoms with Crippen LogP contribution in [0, 0.1) is 12.3 Å². The predicted octanol–water partition coefficient (Wildman–Crippen LogP) is 0.469. The molecule has 1 rings (SSSR count). The molecule has 0 radical (unpaired) electrons. The number of carbonyl (C=O) groups excluding carboxylic acids is 1. The van der Waals surface area contributed by atoms with Crippen molar-refractivity contribution in [3.8, 4) is 12.3 Å². The molecule has 0 aliphatic carbocycles. The highest BCUT2D eigenvalue weighted by atomic mass is 16.3. The van der Waals surface area contributed by atoms with E-state index in [-0.39, 0.29) is 6.54 Å². The standard InChI is InChI=1S/C11H11NO2/c1-2-8-12-11(14)10(13)9-6-4-3-5-7-9/h1,3-7,10,13H,8H2,(H,12,14)/t10-/m1/s1. The molecule has 3 heteroatoms. The maximum absolute atomic E-state index is 11.2. The van der Waals surface area contributed by atoms with E-state index in [4.69, 9.17) is 6.42 Å². The fourth-order valence-corrected chi connectivity index (χ4v) is 1.02. The highest BCUT2D eigenvalue weighted by Gasteiger charge is 2.15. The predicted molar refractivity (Wildman–Crippen MR) is 53.2 cm³/mol. The Hall–Kier alpha value is -1.79. The molecule has 1 aromatic carbocycles. The third-order valence-corrected chi connectivity index (χ3v) is 1.73. The summed E-state index contributed by atoms with van der Waals surface area (Å²) in [5.41, 5.74) is 0.557. The summed E-state index contributed by atoms with van der Waals surface area (Å²) in [6.45, 7) is 0.128. The van der Waals surface area contributed by atoms with Crippen LogP contribution >= 0.6 is 0 Å². The molecule has 0 unspecified atom stereocenters. The van der Waals surface area contributed by atoms with E-state index in [9.17, 15) is 9.90 Å². The number of amides is 1. The Labute approximate surface area is 82.8 Å². The number of benzene rings is 1. The second kappa shape index (κ2) is 5.05. The van der Waals surface area contributed by atoms with Gasteiger partial charge in [-0.3, -0.25) is 4.79 Å². The molecule has 0 spiro atoms. The van der Waals surface area contributed by atoms with Gasteiger partial charge in [0.25, 0.3) is 5.91 Å². The Bertz CT molecular complexity index is 340. The summed E-state index contributed by atoms with van der Waals surface area (Å²) in [6.07, 6.45) is 3.82. The molecule has 3 nitrogen and oxygen atoms in total. The summed E-state index contributed by atoms with van der Waals surface area (Å²) in [5, 5.41) is 11.9. The second-order valence-electron chi connectivity index (χ2n) is 2.74. The molecule has 0 fully saturated rings. The van der Waals surface area contributed by atoms with E-state index in [0.29, 0.717) is 5.56 Å². The van der Waals surface area contributed by atoms with Crippen LogP contribution in [0.1, 0.15) is 11.7 Å². The number of aliphatic hydroxyl groups is 1. The first-order valence-electron chi connectivity index (χ1n) is 4.20. The van der Waals surface area contributed by atoms with Crippen molar-refractivity contribution in [1.29, 1.82) is 0 Å². The Morgan fingerprint density at radius 2 is 2.14 bits per heavy atom. The minimum Gasteiger partial charge on any atom is -0.378 e. The number of nitrogens with one attached hydrogen (secondary N) is 1. The number of aliphatic hydroxyl groups excluding tert-OH is 1. The highest BCUT2D eigenvalue weighted by Crippen LogP contribution is 2.11. The molecule has 1 aromatic rings. The van der Waals surface area contributed by atoms with Gasteiger partial charge in [0.15, 0.2) is 6.10 Å². The van der Waals surface area contributed by atoms with E-state index in [2.05, 4.69) is 11.2 Å². The van der Waals surface area contributed by atoms with Crippen LogP contribution < -0.4 is 5.32 Å². The van der Waals surface area contributed by atoms with Crippen molar-refractivity contribution in [2.45, 2.75) is 6.10 Å². The fraction of sp³-hybridized carbons (Fsp3) is 0.182. The van der Waals surface area contributed by atoms with Gasteiger partial charge >= 0.3 is 0 Å². The molecule has 0 aliphatic heterocycles. The third kappa shape index (κ3) is 2.61. The van der Waals surface area contributed by atoms with Gasteiger partial charge < -0.3 is 10.4 Å². The molecule has 0 bridgehead atoms. The topological polar surface area (TPSA) is 49.3 Å². The van der Waals surface area contributed by atoms with Crippen molar-refractivity contribution in [2.24, 2.45) is 0 Å². The lowest BCUT2D eigenvalue weighted by molar-refractivity contribution is -0.129. The zero-order chi connectivity index (χ0) is 10.4. The summed E-state index contributed by atoms with van der Waals surface area (Å²) >= 11 is 0. The van der Waals surface area contributed by atoms with Crippen LogP contribution in [0.3, 0.4) is 0 Å². The van der Waals surface area contributed by atoms with Crippen molar-refractivity contribution in [2.75, 3.05) is 6.54 Å². The van der Waals surface area contributed by atoms with Crippen LogP contribution in [0.5, 0.6) is 0 Å². The van der Waals surface area contributed by atoms with E-state index in [1.807, 2.05) is 6.07 Å². The van der Waals surface area contributed by atoms with E-state index in [0.717, 1.165) is 0 Å². The van der Waals surface area contributed by atoms with E-state index in [1.54, 1.807) is 24.3 Å². The molecule has 2 N–H and O–H groups in total. The molecule has 0 aliphatic rings. The third-order valence-electron chi connectivity index (χ3n) is 1.73. The van der Waals surface area contributed by atoms with Crippen LogP contribution in [0.4, 0.5) is 0 Å².